The van der Waals surface area contributed by atoms with Gasteiger partial charge in [0.1, 0.15) is 12.6 Å². The molecular formula is C35H36Cl3N3O4S. The highest BCUT2D eigenvalue weighted by Gasteiger charge is 2.35. The summed E-state index contributed by atoms with van der Waals surface area (Å²) in [5.41, 5.74) is 2.40. The Hall–Kier alpha value is -3.56. The number of halogens is 3. The average Bonchev–Trinajstić information content (AvgIpc) is 3.03. The van der Waals surface area contributed by atoms with Crippen LogP contribution in [0.2, 0.25) is 15.1 Å². The summed E-state index contributed by atoms with van der Waals surface area (Å²) in [7, 11) is -4.32. The molecule has 0 radical (unpaired) electrons. The maximum atomic E-state index is 14.6. The fourth-order valence-electron chi connectivity index (χ4n) is 4.86. The molecule has 4 rings (SSSR count). The van der Waals surface area contributed by atoms with Crippen molar-refractivity contribution in [2.24, 2.45) is 0 Å². The molecule has 0 bridgehead atoms. The van der Waals surface area contributed by atoms with E-state index in [4.69, 9.17) is 34.8 Å². The van der Waals surface area contributed by atoms with Crippen LogP contribution in [-0.4, -0.2) is 43.8 Å². The van der Waals surface area contributed by atoms with Gasteiger partial charge in [-0.25, -0.2) is 8.42 Å². The fraction of sp³-hybridized carbons (Fsp3) is 0.257. The molecule has 0 heterocycles. The smallest absolute Gasteiger partial charge is 0.264 e. The van der Waals surface area contributed by atoms with Crippen LogP contribution in [0, 0.1) is 6.92 Å². The average molecular weight is 701 g/mol. The predicted octanol–water partition coefficient (Wildman–Crippen LogP) is 7.71. The third-order valence-electron chi connectivity index (χ3n) is 7.60. The number of rotatable bonds is 13. The lowest BCUT2D eigenvalue weighted by atomic mass is 10.0. The minimum atomic E-state index is -4.32. The number of nitrogens with one attached hydrogen (secondary N) is 1. The molecule has 0 aliphatic carbocycles. The van der Waals surface area contributed by atoms with Crippen molar-refractivity contribution < 1.29 is 18.0 Å². The van der Waals surface area contributed by atoms with E-state index in [0.29, 0.717) is 17.0 Å². The number of hydrogen-bond donors (Lipinski definition) is 1. The molecule has 2 atom stereocenters. The molecule has 0 saturated heterocycles. The number of amides is 2. The number of anilines is 1. The summed E-state index contributed by atoms with van der Waals surface area (Å²) in [5, 5.41) is 3.58. The normalized spacial score (nSPS) is 12.7. The van der Waals surface area contributed by atoms with E-state index in [0.717, 1.165) is 15.4 Å². The highest BCUT2D eigenvalue weighted by Crippen LogP contribution is 2.35. The molecule has 1 N–H and O–H groups in total. The van der Waals surface area contributed by atoms with E-state index in [-0.39, 0.29) is 45.5 Å². The molecule has 0 aliphatic heterocycles. The molecular weight excluding hydrogens is 665 g/mol. The molecule has 11 heteroatoms. The van der Waals surface area contributed by atoms with Gasteiger partial charge in [0.2, 0.25) is 11.8 Å². The predicted molar refractivity (Wildman–Crippen MR) is 186 cm³/mol. The summed E-state index contributed by atoms with van der Waals surface area (Å²) in [5.74, 6) is -0.978. The molecule has 242 valence electrons. The van der Waals surface area contributed by atoms with Gasteiger partial charge in [-0.1, -0.05) is 108 Å². The van der Waals surface area contributed by atoms with Crippen LogP contribution >= 0.6 is 34.8 Å². The molecule has 4 aromatic rings. The van der Waals surface area contributed by atoms with Gasteiger partial charge in [-0.3, -0.25) is 13.9 Å². The number of carbonyl (C=O) groups is 2. The summed E-state index contributed by atoms with van der Waals surface area (Å²) in [6, 6.07) is 26.1. The van der Waals surface area contributed by atoms with Crippen molar-refractivity contribution >= 4 is 62.3 Å². The van der Waals surface area contributed by atoms with Crippen molar-refractivity contribution in [1.82, 2.24) is 10.2 Å². The molecule has 4 aromatic carbocycles. The quantitative estimate of drug-likeness (QED) is 0.155. The van der Waals surface area contributed by atoms with Crippen molar-refractivity contribution in [3.63, 3.8) is 0 Å². The number of carbonyl (C=O) groups excluding carboxylic acids is 2. The van der Waals surface area contributed by atoms with Crippen LogP contribution in [0.25, 0.3) is 0 Å². The minimum absolute atomic E-state index is 0.00742. The van der Waals surface area contributed by atoms with Crippen molar-refractivity contribution in [2.75, 3.05) is 10.8 Å². The van der Waals surface area contributed by atoms with Crippen LogP contribution in [0.1, 0.15) is 37.0 Å². The molecule has 2 amide bonds. The monoisotopic (exact) mass is 699 g/mol. The number of benzene rings is 4. The first-order valence-electron chi connectivity index (χ1n) is 14.8. The van der Waals surface area contributed by atoms with E-state index in [1.165, 1.54) is 29.2 Å². The number of sulfonamides is 1. The third-order valence-corrected chi connectivity index (χ3v) is 10.4. The Morgan fingerprint density at radius 2 is 1.50 bits per heavy atom. The maximum Gasteiger partial charge on any atom is 0.264 e. The van der Waals surface area contributed by atoms with Gasteiger partial charge in [-0.2, -0.15) is 0 Å². The first-order valence-corrected chi connectivity index (χ1v) is 17.4. The van der Waals surface area contributed by atoms with Crippen LogP contribution in [0.4, 0.5) is 5.69 Å². The summed E-state index contributed by atoms with van der Waals surface area (Å²) < 4.78 is 29.4. The first-order chi connectivity index (χ1) is 21.9. The lowest BCUT2D eigenvalue weighted by molar-refractivity contribution is -0.140. The lowest BCUT2D eigenvalue weighted by Crippen LogP contribution is -2.54. The number of nitrogens with zero attached hydrogens (tertiary/aromatic N) is 2. The number of aryl methyl sites for hydroxylation is 1. The molecule has 46 heavy (non-hydrogen) atoms. The minimum Gasteiger partial charge on any atom is -0.352 e. The van der Waals surface area contributed by atoms with E-state index in [1.807, 2.05) is 51.1 Å². The van der Waals surface area contributed by atoms with Crippen molar-refractivity contribution in [3.8, 4) is 0 Å². The summed E-state index contributed by atoms with van der Waals surface area (Å²) >= 11 is 19.2. The molecule has 7 nitrogen and oxygen atoms in total. The third kappa shape index (κ3) is 8.82. The van der Waals surface area contributed by atoms with Crippen LogP contribution < -0.4 is 9.62 Å². The van der Waals surface area contributed by atoms with Crippen LogP contribution in [0.5, 0.6) is 0 Å². The maximum absolute atomic E-state index is 14.6. The van der Waals surface area contributed by atoms with Gasteiger partial charge < -0.3 is 10.2 Å². The van der Waals surface area contributed by atoms with Crippen LogP contribution in [0.15, 0.2) is 102 Å². The second-order valence-electron chi connectivity index (χ2n) is 11.1. The lowest BCUT2D eigenvalue weighted by Gasteiger charge is -2.34. The van der Waals surface area contributed by atoms with E-state index < -0.39 is 28.5 Å². The second kappa shape index (κ2) is 15.8. The summed E-state index contributed by atoms with van der Waals surface area (Å²) in [4.78, 5) is 29.9. The Bertz CT molecular complexity index is 1770. The van der Waals surface area contributed by atoms with Crippen LogP contribution in [-0.2, 0) is 32.6 Å². The Morgan fingerprint density at radius 3 is 2.15 bits per heavy atom. The van der Waals surface area contributed by atoms with Crippen LogP contribution in [0.3, 0.4) is 0 Å². The van der Waals surface area contributed by atoms with Gasteiger partial charge in [0.05, 0.1) is 20.6 Å². The highest BCUT2D eigenvalue weighted by molar-refractivity contribution is 7.92. The first kappa shape index (κ1) is 35.3. The van der Waals surface area contributed by atoms with Crippen molar-refractivity contribution in [2.45, 2.75) is 57.1 Å². The van der Waals surface area contributed by atoms with Crippen molar-refractivity contribution in [3.05, 3.63) is 129 Å². The Kier molecular flexibility index (Phi) is 12.1. The highest BCUT2D eigenvalue weighted by atomic mass is 35.5. The van der Waals surface area contributed by atoms with E-state index in [2.05, 4.69) is 5.32 Å². The zero-order chi connectivity index (χ0) is 33.4. The van der Waals surface area contributed by atoms with Gasteiger partial charge in [-0.05, 0) is 67.8 Å². The van der Waals surface area contributed by atoms with E-state index >= 15 is 0 Å². The van der Waals surface area contributed by atoms with E-state index in [9.17, 15) is 18.0 Å². The molecule has 0 unspecified atom stereocenters. The Morgan fingerprint density at radius 1 is 0.848 bits per heavy atom. The molecule has 0 spiro atoms. The zero-order valence-corrected chi connectivity index (χ0v) is 28.9. The fourth-order valence-corrected chi connectivity index (χ4v) is 6.95. The largest absolute Gasteiger partial charge is 0.352 e. The molecule has 0 aliphatic rings. The summed E-state index contributed by atoms with van der Waals surface area (Å²) in [6.07, 6.45) is 0.875. The molecule has 0 fully saturated rings. The zero-order valence-electron chi connectivity index (χ0n) is 25.8. The summed E-state index contributed by atoms with van der Waals surface area (Å²) in [6.45, 7) is 5.02. The van der Waals surface area contributed by atoms with Gasteiger partial charge in [0.15, 0.2) is 0 Å². The Labute approximate surface area is 286 Å². The standard InChI is InChI=1S/C35H36Cl3N3O4S/c1-4-25(3)39-35(43)32(21-26-10-6-5-7-11-26)40(22-27-12-8-13-28(36)20-27)33(42)23-41(31-15-9-14-30(37)34(31)38)46(44,45)29-18-16-24(2)17-19-29/h5-20,25,32H,4,21-23H2,1-3H3,(H,39,43)/t25-,32-/m0/s1. The molecule has 0 saturated carbocycles. The van der Waals surface area contributed by atoms with Gasteiger partial charge in [0, 0.05) is 24.0 Å². The van der Waals surface area contributed by atoms with Gasteiger partial charge >= 0.3 is 0 Å². The van der Waals surface area contributed by atoms with Crippen molar-refractivity contribution in [1.29, 1.82) is 0 Å². The van der Waals surface area contributed by atoms with Gasteiger partial charge in [-0.15, -0.1) is 0 Å². The Balaban J connectivity index is 1.84. The SMILES string of the molecule is CC[C@H](C)NC(=O)[C@H](Cc1ccccc1)N(Cc1cccc(Cl)c1)C(=O)CN(c1cccc(Cl)c1Cl)S(=O)(=O)c1ccc(C)cc1. The van der Waals surface area contributed by atoms with Gasteiger partial charge in [0.25, 0.3) is 10.0 Å². The van der Waals surface area contributed by atoms with E-state index in [1.54, 1.807) is 42.5 Å². The molecule has 0 aromatic heterocycles. The topological polar surface area (TPSA) is 86.8 Å². The second-order valence-corrected chi connectivity index (χ2v) is 14.2. The number of hydrogen-bond acceptors (Lipinski definition) is 4.